The van der Waals surface area contributed by atoms with Crippen molar-refractivity contribution in [2.75, 3.05) is 25.6 Å². The molecule has 5 atom stereocenters. The van der Waals surface area contributed by atoms with Crippen molar-refractivity contribution in [2.45, 2.75) is 63.9 Å². The van der Waals surface area contributed by atoms with E-state index in [1.165, 1.54) is 32.1 Å². The number of carbonyl (C=O) groups is 6. The molecule has 3 aromatic rings. The van der Waals surface area contributed by atoms with E-state index in [1.54, 1.807) is 72.8 Å². The minimum atomic E-state index is -1.32. The van der Waals surface area contributed by atoms with Crippen molar-refractivity contribution in [1.29, 1.82) is 0 Å². The van der Waals surface area contributed by atoms with Gasteiger partial charge >= 0.3 is 17.9 Å². The van der Waals surface area contributed by atoms with Gasteiger partial charge in [0, 0.05) is 61.7 Å². The number of hydrogen-bond acceptors (Lipinski definition) is 11. The minimum absolute atomic E-state index is 0.0153. The first-order valence-electron chi connectivity index (χ1n) is 17.5. The quantitative estimate of drug-likeness (QED) is 0.0737. The number of likely N-dealkylation sites (N-methyl/N-ethyl adjacent to an activating group) is 1. The van der Waals surface area contributed by atoms with E-state index in [-0.39, 0.29) is 43.8 Å². The molecule has 3 amide bonds. The molecule has 1 aliphatic heterocycles. The van der Waals surface area contributed by atoms with Crippen LogP contribution in [0.15, 0.2) is 83.9 Å². The van der Waals surface area contributed by atoms with Crippen molar-refractivity contribution >= 4 is 52.3 Å². The highest BCUT2D eigenvalue weighted by atomic mass is 32.2. The van der Waals surface area contributed by atoms with Gasteiger partial charge in [-0.1, -0.05) is 60.7 Å². The number of fused-ring (bicyclic) bond motifs is 1. The van der Waals surface area contributed by atoms with Crippen LogP contribution in [0.2, 0.25) is 0 Å². The van der Waals surface area contributed by atoms with E-state index in [0.29, 0.717) is 22.4 Å². The monoisotopic (exact) mass is 775 g/mol. The molecule has 0 saturated heterocycles. The summed E-state index contributed by atoms with van der Waals surface area (Å²) in [6.07, 6.45) is 0.196. The lowest BCUT2D eigenvalue weighted by Crippen LogP contribution is -2.56. The molecule has 1 aliphatic rings. The molecule has 1 heterocycles. The molecule has 0 aliphatic carbocycles. The number of nitrogens with zero attached hydrogens (tertiary/aromatic N) is 2. The number of nitrogens with one attached hydrogen (secondary N) is 2. The molecular weight excluding hydrogens is 731 g/mol. The van der Waals surface area contributed by atoms with Crippen LogP contribution in [0.3, 0.4) is 0 Å². The Hall–Kier alpha value is -5.90. The molecule has 2 unspecified atom stereocenters. The zero-order chi connectivity index (χ0) is 40.1. The number of amides is 3. The van der Waals surface area contributed by atoms with Gasteiger partial charge in [-0.25, -0.2) is 4.79 Å². The van der Waals surface area contributed by atoms with Crippen LogP contribution >= 0.6 is 0 Å². The third-order valence-corrected chi connectivity index (χ3v) is 9.23. The van der Waals surface area contributed by atoms with Crippen LogP contribution in [0.1, 0.15) is 60.0 Å². The van der Waals surface area contributed by atoms with Gasteiger partial charge in [-0.2, -0.15) is 0 Å². The zero-order valence-electron chi connectivity index (χ0n) is 31.0. The Morgan fingerprint density at radius 3 is 2.18 bits per heavy atom. The summed E-state index contributed by atoms with van der Waals surface area (Å²) < 4.78 is 27.8. The average molecular weight is 776 g/mol. The summed E-state index contributed by atoms with van der Waals surface area (Å²) in [5, 5.41) is 5.49. The fourth-order valence-electron chi connectivity index (χ4n) is 5.68. The lowest BCUT2D eigenvalue weighted by Gasteiger charge is -2.27. The van der Waals surface area contributed by atoms with Gasteiger partial charge < -0.3 is 35.5 Å². The average Bonchev–Trinajstić information content (AvgIpc) is 3.46. The molecule has 4 rings (SSSR count). The van der Waals surface area contributed by atoms with Crippen molar-refractivity contribution in [3.63, 3.8) is 0 Å². The maximum Gasteiger partial charge on any atom is 0.342 e. The largest absolute Gasteiger partial charge is 0.427 e. The summed E-state index contributed by atoms with van der Waals surface area (Å²) in [7, 11) is 0.152. The smallest absolute Gasteiger partial charge is 0.342 e. The highest BCUT2D eigenvalue weighted by Gasteiger charge is 2.34. The van der Waals surface area contributed by atoms with Crippen LogP contribution in [0, 0.1) is 0 Å². The summed E-state index contributed by atoms with van der Waals surface area (Å²) in [5.41, 5.74) is 8.00. The first-order chi connectivity index (χ1) is 26.2. The molecule has 0 bridgehead atoms. The number of nitrogens with two attached hydrogens (primary N) is 1. The number of amidine groups is 1. The zero-order valence-corrected chi connectivity index (χ0v) is 31.8. The summed E-state index contributed by atoms with van der Waals surface area (Å²) in [6.45, 7) is 2.71. The minimum Gasteiger partial charge on any atom is -0.427 e. The lowest BCUT2D eigenvalue weighted by atomic mass is 10.0. The van der Waals surface area contributed by atoms with Crippen molar-refractivity contribution in [3.05, 3.63) is 101 Å². The van der Waals surface area contributed by atoms with Gasteiger partial charge in [0.25, 0.3) is 6.29 Å². The Kier molecular flexibility index (Phi) is 15.2. The van der Waals surface area contributed by atoms with Crippen molar-refractivity contribution in [1.82, 2.24) is 15.5 Å². The van der Waals surface area contributed by atoms with E-state index in [4.69, 9.17) is 19.9 Å². The third kappa shape index (κ3) is 12.9. The summed E-state index contributed by atoms with van der Waals surface area (Å²) >= 11 is 0. The SMILES string of the molecule is CC(=O)Oc1ccc(C[C@H](N=C(C)N)C(=O)N[C@H](CCS(C)=O)C(=O)N[C@@H](Cc2ccccc2)C(=O)N(C)CCC(=O)OC2OC(=O)c3ccccc32)cc1. The molecule has 55 heavy (non-hydrogen) atoms. The highest BCUT2D eigenvalue weighted by Crippen LogP contribution is 2.31. The van der Waals surface area contributed by atoms with E-state index in [9.17, 15) is 33.0 Å². The van der Waals surface area contributed by atoms with Gasteiger partial charge in [-0.3, -0.25) is 33.2 Å². The first kappa shape index (κ1) is 41.9. The van der Waals surface area contributed by atoms with Crippen molar-refractivity contribution in [3.8, 4) is 5.75 Å². The van der Waals surface area contributed by atoms with Crippen LogP contribution in [0.5, 0.6) is 5.75 Å². The van der Waals surface area contributed by atoms with E-state index >= 15 is 0 Å². The molecular formula is C39H45N5O10S. The van der Waals surface area contributed by atoms with Crippen LogP contribution in [0.4, 0.5) is 0 Å². The molecule has 15 nitrogen and oxygen atoms in total. The number of rotatable bonds is 18. The number of aliphatic imine (C=N–C) groups is 1. The Morgan fingerprint density at radius 1 is 0.891 bits per heavy atom. The molecule has 4 N–H and O–H groups in total. The molecule has 0 spiro atoms. The molecule has 16 heteroatoms. The Bertz CT molecular complexity index is 1920. The molecule has 292 valence electrons. The number of ether oxygens (including phenoxy) is 3. The fourth-order valence-corrected chi connectivity index (χ4v) is 6.25. The number of hydrogen-bond donors (Lipinski definition) is 3. The van der Waals surface area contributed by atoms with Crippen LogP contribution in [-0.2, 0) is 57.1 Å². The number of carbonyl (C=O) groups excluding carboxylic acids is 6. The van der Waals surface area contributed by atoms with Gasteiger partial charge in [0.2, 0.25) is 17.7 Å². The van der Waals surface area contributed by atoms with Crippen LogP contribution < -0.4 is 21.1 Å². The van der Waals surface area contributed by atoms with E-state index in [1.807, 2.05) is 6.07 Å². The van der Waals surface area contributed by atoms with Gasteiger partial charge in [-0.15, -0.1) is 0 Å². The second-order valence-electron chi connectivity index (χ2n) is 12.9. The lowest BCUT2D eigenvalue weighted by molar-refractivity contribution is -0.168. The fraction of sp³-hybridized carbons (Fsp3) is 0.359. The van der Waals surface area contributed by atoms with E-state index < -0.39 is 70.8 Å². The molecule has 3 aromatic carbocycles. The normalized spacial score (nSPS) is 15.7. The number of benzene rings is 3. The number of esters is 3. The van der Waals surface area contributed by atoms with E-state index in [2.05, 4.69) is 15.6 Å². The molecule has 0 aromatic heterocycles. The van der Waals surface area contributed by atoms with Crippen molar-refractivity contribution in [2.24, 2.45) is 10.7 Å². The van der Waals surface area contributed by atoms with Gasteiger partial charge in [0.15, 0.2) is 0 Å². The molecule has 0 radical (unpaired) electrons. The second kappa shape index (κ2) is 20.0. The van der Waals surface area contributed by atoms with Gasteiger partial charge in [-0.05, 0) is 42.7 Å². The summed E-state index contributed by atoms with van der Waals surface area (Å²) in [4.78, 5) is 83.2. The molecule has 0 saturated carbocycles. The van der Waals surface area contributed by atoms with Crippen LogP contribution in [0.25, 0.3) is 0 Å². The van der Waals surface area contributed by atoms with Crippen molar-refractivity contribution < 1.29 is 47.2 Å². The Labute approximate surface area is 321 Å². The first-order valence-corrected chi connectivity index (χ1v) is 19.2. The molecule has 0 fully saturated rings. The number of cyclic esters (lactones) is 1. The predicted octanol–water partition coefficient (Wildman–Crippen LogP) is 2.14. The van der Waals surface area contributed by atoms with Gasteiger partial charge in [0.1, 0.15) is 23.9 Å². The summed E-state index contributed by atoms with van der Waals surface area (Å²) in [6, 6.07) is 18.6. The van der Waals surface area contributed by atoms with Crippen LogP contribution in [-0.4, -0.2) is 94.3 Å². The topological polar surface area (TPSA) is 213 Å². The maximum atomic E-state index is 13.9. The standard InChI is InChI=1S/C39H45N5O10S/c1-24(40)41-32(22-27-14-16-28(17-15-27)52-25(2)45)36(48)42-31(19-21-55(4)51)35(47)43-33(23-26-10-6-5-7-11-26)37(49)44(3)20-18-34(46)53-39-30-13-9-8-12-29(30)38(50)54-39/h5-17,31-33,39H,18-23H2,1-4H3,(H2,40,41)(H,42,48)(H,43,47)/t31-,32+,33+,39?,55?/m1/s1. The van der Waals surface area contributed by atoms with E-state index in [0.717, 1.165) is 5.56 Å². The second-order valence-corrected chi connectivity index (χ2v) is 14.5. The maximum absolute atomic E-state index is 13.9. The Morgan fingerprint density at radius 2 is 1.53 bits per heavy atom. The summed E-state index contributed by atoms with van der Waals surface area (Å²) in [5.74, 6) is -3.12. The Balaban J connectivity index is 1.47. The van der Waals surface area contributed by atoms with Gasteiger partial charge in [0.05, 0.1) is 17.8 Å². The third-order valence-electron chi connectivity index (χ3n) is 8.42. The highest BCUT2D eigenvalue weighted by molar-refractivity contribution is 7.84. The predicted molar refractivity (Wildman–Crippen MR) is 203 cm³/mol.